The standard InChI is InChI=1S/C58H112N2O5S/c1-7-12-17-28-35-47-66-58(63)60(49-54-41-36-46-59(6)48-54)55(42-31-24-20-22-26-33-44-56(61)64-50-52(37-15-10-4)39-29-18-13-8-2)43-32-25-21-23-27-34-45-57(62)65-51-53(38-16-11-5)40-30-19-14-9-3/h52-55H,7-51H2,1-6H3. The van der Waals surface area contributed by atoms with E-state index in [-0.39, 0.29) is 11.9 Å². The van der Waals surface area contributed by atoms with Crippen LogP contribution in [0.1, 0.15) is 285 Å². The zero-order valence-corrected chi connectivity index (χ0v) is 45.8. The number of likely N-dealkylation sites (tertiary alicyclic amines) is 1. The van der Waals surface area contributed by atoms with Gasteiger partial charge in [0, 0.05) is 37.7 Å². The molecule has 1 heterocycles. The Labute approximate surface area is 415 Å². The quantitative estimate of drug-likeness (QED) is 0.0444. The van der Waals surface area contributed by atoms with Gasteiger partial charge >= 0.3 is 11.9 Å². The number of unbranched alkanes of at least 4 members (excludes halogenated alkanes) is 22. The number of carbonyl (C=O) groups excluding carboxylic acids is 3. The first-order chi connectivity index (χ1) is 32.3. The van der Waals surface area contributed by atoms with Crippen LogP contribution in [0.15, 0.2) is 0 Å². The van der Waals surface area contributed by atoms with Gasteiger partial charge in [-0.05, 0) is 102 Å². The summed E-state index contributed by atoms with van der Waals surface area (Å²) >= 11 is 1.59. The molecule has 0 aromatic carbocycles. The molecule has 390 valence electrons. The van der Waals surface area contributed by atoms with E-state index in [1.165, 1.54) is 173 Å². The summed E-state index contributed by atoms with van der Waals surface area (Å²) in [7, 11) is 2.24. The van der Waals surface area contributed by atoms with E-state index in [4.69, 9.17) is 9.47 Å². The molecule has 3 unspecified atom stereocenters. The van der Waals surface area contributed by atoms with Gasteiger partial charge in [0.1, 0.15) is 0 Å². The van der Waals surface area contributed by atoms with E-state index >= 15 is 0 Å². The predicted molar refractivity (Wildman–Crippen MR) is 287 cm³/mol. The van der Waals surface area contributed by atoms with Gasteiger partial charge in [-0.2, -0.15) is 0 Å². The summed E-state index contributed by atoms with van der Waals surface area (Å²) < 4.78 is 11.6. The van der Waals surface area contributed by atoms with Crippen LogP contribution in [-0.4, -0.2) is 78.7 Å². The fraction of sp³-hybridized carbons (Fsp3) is 0.948. The van der Waals surface area contributed by atoms with Gasteiger partial charge in [0.2, 0.25) is 0 Å². The first-order valence-corrected chi connectivity index (χ1v) is 30.2. The van der Waals surface area contributed by atoms with E-state index in [0.29, 0.717) is 55.1 Å². The van der Waals surface area contributed by atoms with Crippen LogP contribution in [0.5, 0.6) is 0 Å². The smallest absolute Gasteiger partial charge is 0.305 e. The molecule has 1 aliphatic rings. The Morgan fingerprint density at radius 2 is 0.909 bits per heavy atom. The third kappa shape index (κ3) is 36.7. The largest absolute Gasteiger partial charge is 0.465 e. The fourth-order valence-electron chi connectivity index (χ4n) is 10.1. The van der Waals surface area contributed by atoms with Crippen molar-refractivity contribution in [1.29, 1.82) is 0 Å². The molecule has 0 aromatic heterocycles. The second kappa shape index (κ2) is 46.1. The van der Waals surface area contributed by atoms with Gasteiger partial charge in [-0.1, -0.05) is 213 Å². The van der Waals surface area contributed by atoms with Gasteiger partial charge in [-0.3, -0.25) is 14.4 Å². The highest BCUT2D eigenvalue weighted by molar-refractivity contribution is 8.13. The molecular formula is C58H112N2O5S. The van der Waals surface area contributed by atoms with Gasteiger partial charge in [-0.15, -0.1) is 0 Å². The van der Waals surface area contributed by atoms with E-state index in [9.17, 15) is 14.4 Å². The third-order valence-electron chi connectivity index (χ3n) is 14.5. The lowest BCUT2D eigenvalue weighted by Crippen LogP contribution is -2.45. The maximum atomic E-state index is 14.2. The second-order valence-corrected chi connectivity index (χ2v) is 22.1. The topological polar surface area (TPSA) is 76.2 Å². The molecule has 1 fully saturated rings. The van der Waals surface area contributed by atoms with Gasteiger partial charge in [-0.25, -0.2) is 0 Å². The highest BCUT2D eigenvalue weighted by Gasteiger charge is 2.28. The molecule has 3 atom stereocenters. The normalized spacial score (nSPS) is 15.7. The summed E-state index contributed by atoms with van der Waals surface area (Å²) in [6.45, 7) is 15.7. The molecule has 1 saturated heterocycles. The lowest BCUT2D eigenvalue weighted by atomic mass is 9.95. The van der Waals surface area contributed by atoms with Crippen molar-refractivity contribution in [2.24, 2.45) is 17.8 Å². The molecule has 8 heteroatoms. The summed E-state index contributed by atoms with van der Waals surface area (Å²) in [5.41, 5.74) is 0. The molecule has 1 rings (SSSR count). The summed E-state index contributed by atoms with van der Waals surface area (Å²) in [5, 5.41) is 0.323. The maximum Gasteiger partial charge on any atom is 0.305 e. The Kier molecular flexibility index (Phi) is 43.8. The van der Waals surface area contributed by atoms with E-state index < -0.39 is 0 Å². The highest BCUT2D eigenvalue weighted by atomic mass is 32.2. The van der Waals surface area contributed by atoms with E-state index in [2.05, 4.69) is 51.5 Å². The van der Waals surface area contributed by atoms with Crippen LogP contribution in [0.25, 0.3) is 0 Å². The number of nitrogens with zero attached hydrogens (tertiary/aromatic N) is 2. The average Bonchev–Trinajstić information content (AvgIpc) is 3.31. The van der Waals surface area contributed by atoms with Gasteiger partial charge < -0.3 is 19.3 Å². The molecular weight excluding hydrogens is 837 g/mol. The Bertz CT molecular complexity index is 1050. The molecule has 7 nitrogen and oxygen atoms in total. The van der Waals surface area contributed by atoms with E-state index in [1.807, 2.05) is 0 Å². The second-order valence-electron chi connectivity index (χ2n) is 21.0. The zero-order chi connectivity index (χ0) is 48.1. The lowest BCUT2D eigenvalue weighted by Gasteiger charge is -2.38. The third-order valence-corrected chi connectivity index (χ3v) is 15.5. The molecule has 1 amide bonds. The SMILES string of the molecule is CCCCCCCSC(=O)N(CC1CCCN(C)C1)C(CCCCCCCCC(=O)OCC(CCCC)CCCCCC)CCCCCCCCC(=O)OCC(CCCC)CCCCCC. The number of amides is 1. The minimum Gasteiger partial charge on any atom is -0.465 e. The summed E-state index contributed by atoms with van der Waals surface area (Å²) in [6.07, 6.45) is 45.2. The first kappa shape index (κ1) is 62.7. The van der Waals surface area contributed by atoms with Crippen molar-refractivity contribution < 1.29 is 23.9 Å². The lowest BCUT2D eigenvalue weighted by molar-refractivity contribution is -0.146. The number of carbonyl (C=O) groups is 3. The molecule has 0 aromatic rings. The average molecular weight is 950 g/mol. The van der Waals surface area contributed by atoms with Crippen LogP contribution < -0.4 is 0 Å². The predicted octanol–water partition coefficient (Wildman–Crippen LogP) is 17.7. The van der Waals surface area contributed by atoms with Gasteiger partial charge in [0.05, 0.1) is 13.2 Å². The fourth-order valence-corrected chi connectivity index (χ4v) is 11.0. The van der Waals surface area contributed by atoms with Crippen molar-refractivity contribution in [2.75, 3.05) is 45.6 Å². The molecule has 66 heavy (non-hydrogen) atoms. The number of rotatable bonds is 47. The van der Waals surface area contributed by atoms with Crippen molar-refractivity contribution in [3.05, 3.63) is 0 Å². The molecule has 0 saturated carbocycles. The Morgan fingerprint density at radius 1 is 0.515 bits per heavy atom. The number of ether oxygens (including phenoxy) is 2. The van der Waals surface area contributed by atoms with Crippen molar-refractivity contribution in [3.8, 4) is 0 Å². The summed E-state index contributed by atoms with van der Waals surface area (Å²) in [6, 6.07) is 0.308. The van der Waals surface area contributed by atoms with Crippen molar-refractivity contribution in [3.63, 3.8) is 0 Å². The van der Waals surface area contributed by atoms with Crippen molar-refractivity contribution in [1.82, 2.24) is 9.80 Å². The molecule has 1 aliphatic heterocycles. The van der Waals surface area contributed by atoms with Crippen molar-refractivity contribution >= 4 is 28.9 Å². The van der Waals surface area contributed by atoms with Gasteiger partial charge in [0.15, 0.2) is 0 Å². The van der Waals surface area contributed by atoms with Crippen LogP contribution in [0.4, 0.5) is 4.79 Å². The maximum absolute atomic E-state index is 14.2. The number of piperidine rings is 1. The molecule has 0 spiro atoms. The Balaban J connectivity index is 2.66. The first-order valence-electron chi connectivity index (χ1n) is 29.2. The number of hydrogen-bond acceptors (Lipinski definition) is 7. The van der Waals surface area contributed by atoms with E-state index in [1.54, 1.807) is 11.8 Å². The minimum atomic E-state index is -0.00443. The van der Waals surface area contributed by atoms with Crippen LogP contribution >= 0.6 is 11.8 Å². The number of thioether (sulfide) groups is 1. The summed E-state index contributed by atoms with van der Waals surface area (Å²) in [5.74, 6) is 2.53. The molecule has 0 bridgehead atoms. The summed E-state index contributed by atoms with van der Waals surface area (Å²) in [4.78, 5) is 44.2. The molecule has 0 N–H and O–H groups in total. The van der Waals surface area contributed by atoms with Crippen LogP contribution in [0.2, 0.25) is 0 Å². The molecule has 0 aliphatic carbocycles. The monoisotopic (exact) mass is 949 g/mol. The highest BCUT2D eigenvalue weighted by Crippen LogP contribution is 2.27. The minimum absolute atomic E-state index is 0.00443. The zero-order valence-electron chi connectivity index (χ0n) is 45.0. The molecule has 0 radical (unpaired) electrons. The Morgan fingerprint density at radius 3 is 1.38 bits per heavy atom. The van der Waals surface area contributed by atoms with Crippen LogP contribution in [-0.2, 0) is 19.1 Å². The van der Waals surface area contributed by atoms with Gasteiger partial charge in [0.25, 0.3) is 5.24 Å². The van der Waals surface area contributed by atoms with E-state index in [0.717, 1.165) is 89.5 Å². The Hall–Kier alpha value is -1.28. The number of esters is 2. The van der Waals surface area contributed by atoms with Crippen molar-refractivity contribution in [2.45, 2.75) is 291 Å². The van der Waals surface area contributed by atoms with Crippen LogP contribution in [0.3, 0.4) is 0 Å². The number of hydrogen-bond donors (Lipinski definition) is 0. The van der Waals surface area contributed by atoms with Crippen LogP contribution in [0, 0.1) is 17.8 Å².